The Kier molecular flexibility index (Phi) is 4.77. The monoisotopic (exact) mass is 450 g/mol. The van der Waals surface area contributed by atoms with Crippen molar-refractivity contribution in [1.29, 1.82) is 0 Å². The molecule has 24 heavy (non-hydrogen) atoms. The van der Waals surface area contributed by atoms with Crippen LogP contribution >= 0.6 is 31.9 Å². The van der Waals surface area contributed by atoms with Gasteiger partial charge in [0.1, 0.15) is 0 Å². The van der Waals surface area contributed by atoms with Crippen molar-refractivity contribution in [2.75, 3.05) is 0 Å². The van der Waals surface area contributed by atoms with E-state index in [9.17, 15) is 9.90 Å². The van der Waals surface area contributed by atoms with Crippen LogP contribution < -0.4 is 0 Å². The molecule has 0 fully saturated rings. The first-order valence-electron chi connectivity index (χ1n) is 7.08. The molecule has 122 valence electrons. The van der Waals surface area contributed by atoms with E-state index < -0.39 is 5.91 Å². The lowest BCUT2D eigenvalue weighted by Gasteiger charge is -2.01. The van der Waals surface area contributed by atoms with Crippen LogP contribution in [0.25, 0.3) is 10.9 Å². The van der Waals surface area contributed by atoms with Crippen LogP contribution in [-0.4, -0.2) is 20.6 Å². The van der Waals surface area contributed by atoms with Gasteiger partial charge in [-0.1, -0.05) is 15.9 Å². The van der Waals surface area contributed by atoms with E-state index in [1.165, 1.54) is 6.20 Å². The van der Waals surface area contributed by atoms with Crippen LogP contribution in [0.4, 0.5) is 5.69 Å². The Morgan fingerprint density at radius 2 is 2.04 bits per heavy atom. The zero-order chi connectivity index (χ0) is 17.3. The van der Waals surface area contributed by atoms with Gasteiger partial charge in [-0.2, -0.15) is 0 Å². The van der Waals surface area contributed by atoms with Crippen molar-refractivity contribution in [3.8, 4) is 5.88 Å². The molecule has 6 nitrogen and oxygen atoms in total. The Morgan fingerprint density at radius 1 is 1.25 bits per heavy atom. The first kappa shape index (κ1) is 16.8. The molecule has 0 bridgehead atoms. The number of nitrogens with zero attached hydrogens (tertiary/aromatic N) is 4. The summed E-state index contributed by atoms with van der Waals surface area (Å²) < 4.78 is 3.24. The Morgan fingerprint density at radius 3 is 2.75 bits per heavy atom. The van der Waals surface area contributed by atoms with E-state index in [0.717, 1.165) is 9.99 Å². The number of carbonyl (C=O) groups excluding carboxylic acids is 1. The van der Waals surface area contributed by atoms with Gasteiger partial charge in [0.15, 0.2) is 5.69 Å². The number of aromatic hydroxyl groups is 1. The third-order valence-corrected chi connectivity index (χ3v) is 4.41. The van der Waals surface area contributed by atoms with Crippen LogP contribution in [0.2, 0.25) is 0 Å². The summed E-state index contributed by atoms with van der Waals surface area (Å²) >= 11 is 6.66. The molecule has 0 radical (unpaired) electrons. The molecule has 2 heterocycles. The van der Waals surface area contributed by atoms with Gasteiger partial charge in [-0.05, 0) is 47.1 Å². The lowest BCUT2D eigenvalue weighted by molar-refractivity contribution is 0.0994. The number of fused-ring (bicyclic) bond motifs is 1. The number of amides is 1. The lowest BCUT2D eigenvalue weighted by Crippen LogP contribution is -1.94. The normalized spacial score (nSPS) is 11.5. The molecule has 1 N–H and O–H groups in total. The number of halogens is 2. The maximum Gasteiger partial charge on any atom is 0.297 e. The Balaban J connectivity index is 2.05. The second-order valence-electron chi connectivity index (χ2n) is 4.97. The van der Waals surface area contributed by atoms with Crippen molar-refractivity contribution >= 4 is 54.4 Å². The second-order valence-corrected chi connectivity index (χ2v) is 6.81. The van der Waals surface area contributed by atoms with Crippen LogP contribution in [-0.2, 0) is 6.54 Å². The highest BCUT2D eigenvalue weighted by molar-refractivity contribution is 9.10. The highest BCUT2D eigenvalue weighted by Crippen LogP contribution is 2.40. The maximum atomic E-state index is 12.1. The van der Waals surface area contributed by atoms with Crippen molar-refractivity contribution in [3.05, 3.63) is 51.2 Å². The molecule has 1 amide bonds. The van der Waals surface area contributed by atoms with Gasteiger partial charge in [0, 0.05) is 33.3 Å². The van der Waals surface area contributed by atoms with E-state index in [0.29, 0.717) is 22.0 Å². The second kappa shape index (κ2) is 6.82. The highest BCUT2D eigenvalue weighted by Gasteiger charge is 2.16. The van der Waals surface area contributed by atoms with E-state index in [1.807, 2.05) is 25.1 Å². The molecule has 0 saturated carbocycles. The molecular weight excluding hydrogens is 440 g/mol. The molecule has 2 aromatic heterocycles. The first-order valence-corrected chi connectivity index (χ1v) is 8.67. The third-order valence-electron chi connectivity index (χ3n) is 3.48. The third kappa shape index (κ3) is 3.11. The molecule has 0 spiro atoms. The smallest absolute Gasteiger partial charge is 0.297 e. The first-order chi connectivity index (χ1) is 11.5. The van der Waals surface area contributed by atoms with Crippen molar-refractivity contribution in [3.63, 3.8) is 0 Å². The van der Waals surface area contributed by atoms with Crippen LogP contribution in [0.3, 0.4) is 0 Å². The fourth-order valence-corrected chi connectivity index (χ4v) is 3.12. The van der Waals surface area contributed by atoms with E-state index in [4.69, 9.17) is 0 Å². The van der Waals surface area contributed by atoms with Gasteiger partial charge < -0.3 is 9.67 Å². The summed E-state index contributed by atoms with van der Waals surface area (Å²) in [6.45, 7) is 2.49. The predicted octanol–water partition coefficient (Wildman–Crippen LogP) is 5.21. The van der Waals surface area contributed by atoms with Crippen molar-refractivity contribution in [2.45, 2.75) is 13.5 Å². The molecule has 8 heteroatoms. The minimum atomic E-state index is -0.532. The summed E-state index contributed by atoms with van der Waals surface area (Å²) in [6, 6.07) is 7.20. The van der Waals surface area contributed by atoms with E-state index in [-0.39, 0.29) is 11.6 Å². The number of rotatable bonds is 3. The summed E-state index contributed by atoms with van der Waals surface area (Å²) in [7, 11) is 0. The van der Waals surface area contributed by atoms with E-state index in [1.54, 1.807) is 16.8 Å². The van der Waals surface area contributed by atoms with E-state index >= 15 is 0 Å². The molecule has 0 aliphatic carbocycles. The summed E-state index contributed by atoms with van der Waals surface area (Å²) in [5, 5.41) is 18.8. The van der Waals surface area contributed by atoms with Crippen LogP contribution in [0.15, 0.2) is 55.8 Å². The molecule has 0 aliphatic heterocycles. The minimum absolute atomic E-state index is 0.0190. The molecular formula is C16H12Br2N4O2. The molecule has 0 saturated heterocycles. The SMILES string of the molecule is CCn1c(O)c(N=NC(=O)c2cncc(Br)c2)c2cc(Br)ccc21. The molecule has 0 atom stereocenters. The number of hydrogen-bond acceptors (Lipinski definition) is 4. The van der Waals surface area contributed by atoms with Crippen LogP contribution in [0, 0.1) is 0 Å². The average molecular weight is 452 g/mol. The summed E-state index contributed by atoms with van der Waals surface area (Å²) in [4.78, 5) is 16.1. The summed E-state index contributed by atoms with van der Waals surface area (Å²) in [5.74, 6) is -0.551. The fourth-order valence-electron chi connectivity index (χ4n) is 2.40. The number of hydrogen-bond donors (Lipinski definition) is 1. The molecule has 3 rings (SSSR count). The highest BCUT2D eigenvalue weighted by atomic mass is 79.9. The summed E-state index contributed by atoms with van der Waals surface area (Å²) in [5.41, 5.74) is 1.40. The minimum Gasteiger partial charge on any atom is -0.493 e. The zero-order valence-electron chi connectivity index (χ0n) is 12.6. The van der Waals surface area contributed by atoms with Gasteiger partial charge in [-0.15, -0.1) is 10.2 Å². The molecule has 0 unspecified atom stereocenters. The predicted molar refractivity (Wildman–Crippen MR) is 97.8 cm³/mol. The number of benzene rings is 1. The Hall–Kier alpha value is -2.06. The molecule has 0 aliphatic rings. The molecule has 1 aromatic carbocycles. The van der Waals surface area contributed by atoms with E-state index in [2.05, 4.69) is 47.1 Å². The van der Waals surface area contributed by atoms with Gasteiger partial charge in [0.05, 0.1) is 11.1 Å². The Bertz CT molecular complexity index is 966. The molecule has 3 aromatic rings. The number of carbonyl (C=O) groups is 1. The quantitative estimate of drug-likeness (QED) is 0.555. The topological polar surface area (TPSA) is 79.8 Å². The number of azo groups is 1. The standard InChI is InChI=1S/C16H12Br2N4O2/c1-2-22-13-4-3-10(17)6-12(13)14(16(22)24)20-21-15(23)9-5-11(18)8-19-7-9/h3-8,24H,2H2,1H3. The summed E-state index contributed by atoms with van der Waals surface area (Å²) in [6.07, 6.45) is 2.99. The van der Waals surface area contributed by atoms with Crippen molar-refractivity contribution in [1.82, 2.24) is 9.55 Å². The van der Waals surface area contributed by atoms with Crippen LogP contribution in [0.1, 0.15) is 17.3 Å². The largest absolute Gasteiger partial charge is 0.493 e. The van der Waals surface area contributed by atoms with Gasteiger partial charge in [-0.3, -0.25) is 9.78 Å². The van der Waals surface area contributed by atoms with Gasteiger partial charge in [0.2, 0.25) is 5.88 Å². The van der Waals surface area contributed by atoms with Gasteiger partial charge >= 0.3 is 0 Å². The van der Waals surface area contributed by atoms with Crippen molar-refractivity contribution in [2.24, 2.45) is 10.2 Å². The maximum absolute atomic E-state index is 12.1. The Labute approximate surface area is 154 Å². The van der Waals surface area contributed by atoms with Crippen molar-refractivity contribution < 1.29 is 9.90 Å². The zero-order valence-corrected chi connectivity index (χ0v) is 15.7. The number of aryl methyl sites for hydroxylation is 1. The number of pyridine rings is 1. The van der Waals surface area contributed by atoms with Gasteiger partial charge in [0.25, 0.3) is 5.91 Å². The van der Waals surface area contributed by atoms with Crippen LogP contribution in [0.5, 0.6) is 5.88 Å². The average Bonchev–Trinajstić information content (AvgIpc) is 2.83. The lowest BCUT2D eigenvalue weighted by atomic mass is 10.2. The number of aromatic nitrogens is 2. The van der Waals surface area contributed by atoms with Gasteiger partial charge in [-0.25, -0.2) is 0 Å². The fraction of sp³-hybridized carbons (Fsp3) is 0.125.